The number of hydrogen-bond donors (Lipinski definition) is 0. The van der Waals surface area contributed by atoms with Crippen molar-refractivity contribution < 1.29 is 37.6 Å². The normalized spacial score (nSPS) is 11.0. The monoisotopic (exact) mass is 622 g/mol. The summed E-state index contributed by atoms with van der Waals surface area (Å²) in [6, 6.07) is 9.93. The number of hydrogen-bond acceptors (Lipinski definition) is 11. The Kier molecular flexibility index (Phi) is 9.15. The summed E-state index contributed by atoms with van der Waals surface area (Å²) in [6.07, 6.45) is 3.10. The fraction of sp³-hybridized carbons (Fsp3) is 0.281. The Hall–Kier alpha value is -4.90. The van der Waals surface area contributed by atoms with Crippen molar-refractivity contribution in [1.29, 1.82) is 0 Å². The number of fused-ring (bicyclic) bond motifs is 2. The molecule has 5 aromatic rings. The van der Waals surface area contributed by atoms with Crippen LogP contribution in [0.2, 0.25) is 5.02 Å². The van der Waals surface area contributed by atoms with Crippen molar-refractivity contribution in [3.05, 3.63) is 57.8 Å². The zero-order valence-electron chi connectivity index (χ0n) is 25.1. The van der Waals surface area contributed by atoms with Gasteiger partial charge in [-0.25, -0.2) is 9.97 Å². The average molecular weight is 623 g/mol. The molecule has 0 N–H and O–H groups in total. The van der Waals surface area contributed by atoms with Gasteiger partial charge in [0.15, 0.2) is 28.8 Å². The lowest BCUT2D eigenvalue weighted by Crippen LogP contribution is -2.11. The van der Waals surface area contributed by atoms with Crippen molar-refractivity contribution >= 4 is 33.6 Å². The van der Waals surface area contributed by atoms with E-state index < -0.39 is 5.43 Å². The first kappa shape index (κ1) is 30.6. The Morgan fingerprint density at radius 3 is 2.11 bits per heavy atom. The maximum absolute atomic E-state index is 14.4. The van der Waals surface area contributed by atoms with E-state index in [9.17, 15) is 4.79 Å². The van der Waals surface area contributed by atoms with E-state index in [1.165, 1.54) is 41.7 Å². The Balaban J connectivity index is 1.81. The van der Waals surface area contributed by atoms with Crippen molar-refractivity contribution in [2.24, 2.45) is 0 Å². The fourth-order valence-electron chi connectivity index (χ4n) is 4.68. The molecule has 5 rings (SSSR count). The third kappa shape index (κ3) is 5.70. The summed E-state index contributed by atoms with van der Waals surface area (Å²) in [7, 11) is 7.40. The van der Waals surface area contributed by atoms with E-state index >= 15 is 0 Å². The third-order valence-electron chi connectivity index (χ3n) is 6.80. The summed E-state index contributed by atoms with van der Waals surface area (Å²) in [4.78, 5) is 23.3. The number of halogens is 1. The van der Waals surface area contributed by atoms with E-state index in [0.29, 0.717) is 51.2 Å². The van der Waals surface area contributed by atoms with Gasteiger partial charge >= 0.3 is 0 Å². The summed E-state index contributed by atoms with van der Waals surface area (Å²) in [5.74, 6) is 1.72. The number of aromatic nitrogens is 2. The van der Waals surface area contributed by atoms with Crippen LogP contribution in [0.25, 0.3) is 33.3 Å². The average Bonchev–Trinajstić information content (AvgIpc) is 3.04. The SMILES string of the molecule is CCCCOc1c(OC)cc2oc(-c3cc(OC)c(OC)c(OC)c3)c(Oc3cnc4cc(Cl)ccc4n3)c(=O)c2c1OC. The molecule has 0 spiro atoms. The predicted molar refractivity (Wildman–Crippen MR) is 166 cm³/mol. The zero-order chi connectivity index (χ0) is 31.4. The van der Waals surface area contributed by atoms with E-state index in [0.717, 1.165) is 12.8 Å². The van der Waals surface area contributed by atoms with Gasteiger partial charge in [0.2, 0.25) is 28.6 Å². The highest BCUT2D eigenvalue weighted by Gasteiger charge is 2.28. The molecule has 0 saturated carbocycles. The number of unbranched alkanes of at least 4 members (excludes halogenated alkanes) is 1. The van der Waals surface area contributed by atoms with Crippen LogP contribution in [0.3, 0.4) is 0 Å². The van der Waals surface area contributed by atoms with Gasteiger partial charge in [-0.1, -0.05) is 24.9 Å². The van der Waals surface area contributed by atoms with Gasteiger partial charge < -0.3 is 37.6 Å². The van der Waals surface area contributed by atoms with Crippen LogP contribution >= 0.6 is 11.6 Å². The van der Waals surface area contributed by atoms with E-state index in [-0.39, 0.29) is 39.9 Å². The van der Waals surface area contributed by atoms with Gasteiger partial charge in [-0.15, -0.1) is 0 Å². The summed E-state index contributed by atoms with van der Waals surface area (Å²) >= 11 is 6.11. The molecular formula is C32H31ClN2O9. The standard InChI is InChI=1S/C32H31ClN2O9/c1-7-8-11-42-30-24(39-4)15-21-26(31(30)41-6)27(36)32(44-25-16-34-20-14-18(33)9-10-19(20)35-25)28(43-21)17-12-22(37-2)29(40-5)23(13-17)38-3/h9-10,12-16H,7-8,11H2,1-6H3. The van der Waals surface area contributed by atoms with Crippen molar-refractivity contribution in [2.45, 2.75) is 19.8 Å². The molecule has 2 heterocycles. The summed E-state index contributed by atoms with van der Waals surface area (Å²) in [5, 5.41) is 0.603. The summed E-state index contributed by atoms with van der Waals surface area (Å²) in [6.45, 7) is 2.44. The Bertz CT molecular complexity index is 1870. The highest BCUT2D eigenvalue weighted by atomic mass is 35.5. The lowest BCUT2D eigenvalue weighted by Gasteiger charge is -2.18. The molecule has 3 aromatic carbocycles. The molecule has 0 unspecified atom stereocenters. The van der Waals surface area contributed by atoms with Crippen LogP contribution in [0.15, 0.2) is 51.8 Å². The molecule has 0 aliphatic carbocycles. The van der Waals surface area contributed by atoms with Crippen molar-refractivity contribution in [3.8, 4) is 57.5 Å². The number of methoxy groups -OCH3 is 5. The van der Waals surface area contributed by atoms with E-state index in [1.54, 1.807) is 36.4 Å². The molecular weight excluding hydrogens is 592 g/mol. The molecule has 0 atom stereocenters. The topological polar surface area (TPSA) is 121 Å². The van der Waals surface area contributed by atoms with Crippen molar-refractivity contribution in [1.82, 2.24) is 9.97 Å². The van der Waals surface area contributed by atoms with Gasteiger partial charge in [-0.05, 0) is 36.8 Å². The first-order valence-corrected chi connectivity index (χ1v) is 14.0. The van der Waals surface area contributed by atoms with Gasteiger partial charge in [-0.2, -0.15) is 0 Å². The van der Waals surface area contributed by atoms with E-state index in [1.807, 2.05) is 6.92 Å². The van der Waals surface area contributed by atoms with Crippen molar-refractivity contribution in [3.63, 3.8) is 0 Å². The molecule has 0 amide bonds. The first-order chi connectivity index (χ1) is 21.4. The highest BCUT2D eigenvalue weighted by Crippen LogP contribution is 2.47. The Labute approximate surface area is 258 Å². The van der Waals surface area contributed by atoms with E-state index in [4.69, 9.17) is 49.2 Å². The maximum Gasteiger partial charge on any atom is 0.239 e. The van der Waals surface area contributed by atoms with Crippen LogP contribution < -0.4 is 38.6 Å². The number of nitrogens with zero attached hydrogens (tertiary/aromatic N) is 2. The van der Waals surface area contributed by atoms with Crippen LogP contribution in [0.1, 0.15) is 19.8 Å². The number of benzene rings is 3. The predicted octanol–water partition coefficient (Wildman–Crippen LogP) is 7.07. The molecule has 0 radical (unpaired) electrons. The first-order valence-electron chi connectivity index (χ1n) is 13.7. The van der Waals surface area contributed by atoms with Crippen LogP contribution in [0.4, 0.5) is 0 Å². The second-order valence-electron chi connectivity index (χ2n) is 9.46. The van der Waals surface area contributed by atoms with Crippen molar-refractivity contribution in [2.75, 3.05) is 42.2 Å². The molecule has 2 aromatic heterocycles. The molecule has 0 fully saturated rings. The van der Waals surface area contributed by atoms with Gasteiger partial charge in [0.05, 0.1) is 59.4 Å². The molecule has 0 aliphatic heterocycles. The third-order valence-corrected chi connectivity index (χ3v) is 7.04. The van der Waals surface area contributed by atoms with Gasteiger partial charge in [0, 0.05) is 16.7 Å². The maximum atomic E-state index is 14.4. The van der Waals surface area contributed by atoms with Gasteiger partial charge in [0.1, 0.15) is 11.0 Å². The highest BCUT2D eigenvalue weighted by molar-refractivity contribution is 6.31. The second kappa shape index (κ2) is 13.2. The van der Waals surface area contributed by atoms with Crippen LogP contribution in [-0.4, -0.2) is 52.1 Å². The molecule has 0 bridgehead atoms. The van der Waals surface area contributed by atoms with Crippen LogP contribution in [0.5, 0.6) is 46.1 Å². The molecule has 0 saturated heterocycles. The Morgan fingerprint density at radius 2 is 1.48 bits per heavy atom. The lowest BCUT2D eigenvalue weighted by molar-refractivity contribution is 0.271. The second-order valence-corrected chi connectivity index (χ2v) is 9.90. The minimum atomic E-state index is -0.548. The fourth-order valence-corrected chi connectivity index (χ4v) is 4.85. The molecule has 0 aliphatic rings. The zero-order valence-corrected chi connectivity index (χ0v) is 25.9. The molecule has 11 nitrogen and oxygen atoms in total. The number of ether oxygens (including phenoxy) is 7. The largest absolute Gasteiger partial charge is 0.493 e. The van der Waals surface area contributed by atoms with Gasteiger partial charge in [-0.3, -0.25) is 4.79 Å². The van der Waals surface area contributed by atoms with Crippen LogP contribution in [0, 0.1) is 0 Å². The Morgan fingerprint density at radius 1 is 0.795 bits per heavy atom. The van der Waals surface area contributed by atoms with Gasteiger partial charge in [0.25, 0.3) is 0 Å². The molecule has 44 heavy (non-hydrogen) atoms. The lowest BCUT2D eigenvalue weighted by atomic mass is 10.1. The smallest absolute Gasteiger partial charge is 0.239 e. The summed E-state index contributed by atoms with van der Waals surface area (Å²) < 4.78 is 46.5. The number of rotatable bonds is 12. The van der Waals surface area contributed by atoms with E-state index in [2.05, 4.69) is 9.97 Å². The molecule has 230 valence electrons. The minimum Gasteiger partial charge on any atom is -0.493 e. The molecule has 12 heteroatoms. The van der Waals surface area contributed by atoms with Crippen LogP contribution in [-0.2, 0) is 0 Å². The minimum absolute atomic E-state index is 0.0482. The summed E-state index contributed by atoms with van der Waals surface area (Å²) in [5.41, 5.74) is 1.09. The quantitative estimate of drug-likeness (QED) is 0.133.